The number of carbonyl (C=O) groups is 1. The highest BCUT2D eigenvalue weighted by Crippen LogP contribution is 2.29. The number of rotatable bonds is 7. The van der Waals surface area contributed by atoms with E-state index in [0.717, 1.165) is 28.8 Å². The standard InChI is InChI=1S/C21H25N5O2/c1-14(28-13-15-7-8-15)11-23-21(27)24-20-10-19(26(2)25-20)17-9-16-5-3-4-6-18(16)22-12-17/h3-6,9-10,12,14-15H,7-8,11,13H2,1-2H3,(H2,23,24,25,27)/t14-/m0/s1. The van der Waals surface area contributed by atoms with Gasteiger partial charge in [0.15, 0.2) is 5.82 Å². The van der Waals surface area contributed by atoms with Crippen LogP contribution in [0.3, 0.4) is 0 Å². The second-order valence-electron chi connectivity index (χ2n) is 7.38. The van der Waals surface area contributed by atoms with Gasteiger partial charge in [0.05, 0.1) is 17.3 Å². The number of pyridine rings is 1. The van der Waals surface area contributed by atoms with Crippen molar-refractivity contribution in [2.24, 2.45) is 13.0 Å². The van der Waals surface area contributed by atoms with Gasteiger partial charge in [0.25, 0.3) is 0 Å². The number of carbonyl (C=O) groups excluding carboxylic acids is 1. The van der Waals surface area contributed by atoms with Crippen molar-refractivity contribution in [3.05, 3.63) is 42.6 Å². The Labute approximate surface area is 164 Å². The van der Waals surface area contributed by atoms with Crippen LogP contribution in [0.15, 0.2) is 42.6 Å². The number of hydrogen-bond donors (Lipinski definition) is 2. The van der Waals surface area contributed by atoms with Gasteiger partial charge < -0.3 is 10.1 Å². The van der Waals surface area contributed by atoms with E-state index in [4.69, 9.17) is 4.74 Å². The molecule has 4 rings (SSSR count). The molecule has 2 amide bonds. The Morgan fingerprint density at radius 3 is 2.96 bits per heavy atom. The maximum Gasteiger partial charge on any atom is 0.320 e. The van der Waals surface area contributed by atoms with E-state index in [1.807, 2.05) is 50.5 Å². The molecule has 0 spiro atoms. The van der Waals surface area contributed by atoms with Gasteiger partial charge in [-0.1, -0.05) is 18.2 Å². The molecule has 1 aliphatic carbocycles. The molecule has 1 aliphatic rings. The first-order valence-electron chi connectivity index (χ1n) is 9.64. The van der Waals surface area contributed by atoms with Gasteiger partial charge in [0, 0.05) is 43.4 Å². The Morgan fingerprint density at radius 2 is 2.14 bits per heavy atom. The van der Waals surface area contributed by atoms with E-state index in [2.05, 4.69) is 26.8 Å². The third-order valence-corrected chi connectivity index (χ3v) is 4.87. The fraction of sp³-hybridized carbons (Fsp3) is 0.381. The minimum absolute atomic E-state index is 0.00526. The van der Waals surface area contributed by atoms with Crippen LogP contribution in [0, 0.1) is 5.92 Å². The first-order valence-corrected chi connectivity index (χ1v) is 9.64. The monoisotopic (exact) mass is 379 g/mol. The molecule has 1 saturated carbocycles. The molecule has 0 radical (unpaired) electrons. The molecule has 0 unspecified atom stereocenters. The summed E-state index contributed by atoms with van der Waals surface area (Å²) in [7, 11) is 1.85. The second-order valence-corrected chi connectivity index (χ2v) is 7.38. The predicted molar refractivity (Wildman–Crippen MR) is 109 cm³/mol. The Balaban J connectivity index is 1.37. The summed E-state index contributed by atoms with van der Waals surface area (Å²) < 4.78 is 7.45. The Bertz CT molecular complexity index is 980. The third kappa shape index (κ3) is 4.48. The van der Waals surface area contributed by atoms with Crippen LogP contribution in [0.4, 0.5) is 10.6 Å². The summed E-state index contributed by atoms with van der Waals surface area (Å²) in [5.74, 6) is 1.21. The molecular weight excluding hydrogens is 354 g/mol. The van der Waals surface area contributed by atoms with E-state index in [0.29, 0.717) is 18.3 Å². The van der Waals surface area contributed by atoms with Crippen molar-refractivity contribution in [2.75, 3.05) is 18.5 Å². The topological polar surface area (TPSA) is 81.1 Å². The van der Waals surface area contributed by atoms with Crippen LogP contribution in [-0.4, -0.2) is 40.1 Å². The van der Waals surface area contributed by atoms with Gasteiger partial charge in [0.1, 0.15) is 0 Å². The summed E-state index contributed by atoms with van der Waals surface area (Å²) in [6, 6.07) is 11.6. The predicted octanol–water partition coefficient (Wildman–Crippen LogP) is 3.57. The lowest BCUT2D eigenvalue weighted by molar-refractivity contribution is 0.0601. The minimum Gasteiger partial charge on any atom is -0.376 e. The second kappa shape index (κ2) is 7.98. The molecule has 3 aromatic rings. The highest BCUT2D eigenvalue weighted by atomic mass is 16.5. The number of aromatic nitrogens is 3. The Morgan fingerprint density at radius 1 is 1.32 bits per heavy atom. The normalized spacial score (nSPS) is 14.8. The van der Waals surface area contributed by atoms with Gasteiger partial charge in [-0.15, -0.1) is 0 Å². The van der Waals surface area contributed by atoms with Crippen LogP contribution in [0.25, 0.3) is 22.2 Å². The van der Waals surface area contributed by atoms with Crippen LogP contribution in [0.2, 0.25) is 0 Å². The molecule has 2 heterocycles. The number of benzene rings is 1. The quantitative estimate of drug-likeness (QED) is 0.658. The fourth-order valence-corrected chi connectivity index (χ4v) is 3.05. The van der Waals surface area contributed by atoms with Crippen molar-refractivity contribution >= 4 is 22.8 Å². The minimum atomic E-state index is -0.289. The van der Waals surface area contributed by atoms with Crippen molar-refractivity contribution in [3.8, 4) is 11.3 Å². The van der Waals surface area contributed by atoms with E-state index in [9.17, 15) is 4.79 Å². The number of fused-ring (bicyclic) bond motifs is 1. The summed E-state index contributed by atoms with van der Waals surface area (Å²) in [5, 5.41) is 11.1. The van der Waals surface area contributed by atoms with Crippen molar-refractivity contribution < 1.29 is 9.53 Å². The average Bonchev–Trinajstić information content (AvgIpc) is 3.46. The number of nitrogens with one attached hydrogen (secondary N) is 2. The Kier molecular flexibility index (Phi) is 5.25. The van der Waals surface area contributed by atoms with Crippen molar-refractivity contribution in [1.82, 2.24) is 20.1 Å². The van der Waals surface area contributed by atoms with Crippen LogP contribution in [0.5, 0.6) is 0 Å². The van der Waals surface area contributed by atoms with Gasteiger partial charge in [0.2, 0.25) is 0 Å². The van der Waals surface area contributed by atoms with Gasteiger partial charge in [-0.2, -0.15) is 5.10 Å². The largest absolute Gasteiger partial charge is 0.376 e. The van der Waals surface area contributed by atoms with Crippen molar-refractivity contribution in [2.45, 2.75) is 25.9 Å². The molecule has 1 fully saturated rings. The Hall–Kier alpha value is -2.93. The number of ether oxygens (including phenoxy) is 1. The van der Waals surface area contributed by atoms with E-state index >= 15 is 0 Å². The lowest BCUT2D eigenvalue weighted by Crippen LogP contribution is -2.35. The highest BCUT2D eigenvalue weighted by Gasteiger charge is 2.22. The molecular formula is C21H25N5O2. The van der Waals surface area contributed by atoms with Crippen LogP contribution < -0.4 is 10.6 Å². The smallest absolute Gasteiger partial charge is 0.320 e. The lowest BCUT2D eigenvalue weighted by Gasteiger charge is -2.13. The van der Waals surface area contributed by atoms with E-state index in [1.165, 1.54) is 12.8 Å². The number of urea groups is 1. The zero-order valence-corrected chi connectivity index (χ0v) is 16.2. The first-order chi connectivity index (χ1) is 13.6. The summed E-state index contributed by atoms with van der Waals surface area (Å²) in [6.45, 7) is 3.22. The third-order valence-electron chi connectivity index (χ3n) is 4.87. The van der Waals surface area contributed by atoms with Crippen LogP contribution in [-0.2, 0) is 11.8 Å². The molecule has 0 saturated heterocycles. The van der Waals surface area contributed by atoms with E-state index in [-0.39, 0.29) is 12.1 Å². The number of para-hydroxylation sites is 1. The number of anilines is 1. The summed E-state index contributed by atoms with van der Waals surface area (Å²) in [4.78, 5) is 16.7. The van der Waals surface area contributed by atoms with Crippen molar-refractivity contribution in [3.63, 3.8) is 0 Å². The fourth-order valence-electron chi connectivity index (χ4n) is 3.05. The molecule has 7 heteroatoms. The molecule has 7 nitrogen and oxygen atoms in total. The van der Waals surface area contributed by atoms with E-state index < -0.39 is 0 Å². The molecule has 1 atom stereocenters. The number of hydrogen-bond acceptors (Lipinski definition) is 4. The molecule has 146 valence electrons. The number of nitrogens with zero attached hydrogens (tertiary/aromatic N) is 3. The summed E-state index contributed by atoms with van der Waals surface area (Å²) in [6.07, 6.45) is 4.33. The molecule has 2 aromatic heterocycles. The summed E-state index contributed by atoms with van der Waals surface area (Å²) >= 11 is 0. The SMILES string of the molecule is C[C@@H](CNC(=O)Nc1cc(-c2cnc3ccccc3c2)n(C)n1)OCC1CC1. The van der Waals surface area contributed by atoms with Gasteiger partial charge in [-0.05, 0) is 37.8 Å². The molecule has 0 aliphatic heterocycles. The van der Waals surface area contributed by atoms with Crippen LogP contribution >= 0.6 is 0 Å². The molecule has 1 aromatic carbocycles. The first kappa shape index (κ1) is 18.4. The molecule has 28 heavy (non-hydrogen) atoms. The maximum atomic E-state index is 12.2. The zero-order valence-electron chi connectivity index (χ0n) is 16.2. The van der Waals surface area contributed by atoms with Gasteiger partial charge in [-0.3, -0.25) is 15.0 Å². The molecule has 0 bridgehead atoms. The lowest BCUT2D eigenvalue weighted by atomic mass is 10.1. The highest BCUT2D eigenvalue weighted by molar-refractivity contribution is 5.89. The number of aryl methyl sites for hydroxylation is 1. The van der Waals surface area contributed by atoms with Gasteiger partial charge in [-0.25, -0.2) is 4.79 Å². The van der Waals surface area contributed by atoms with Crippen LogP contribution in [0.1, 0.15) is 19.8 Å². The van der Waals surface area contributed by atoms with Crippen molar-refractivity contribution in [1.29, 1.82) is 0 Å². The number of amides is 2. The maximum absolute atomic E-state index is 12.2. The average molecular weight is 379 g/mol. The summed E-state index contributed by atoms with van der Waals surface area (Å²) in [5.41, 5.74) is 2.78. The van der Waals surface area contributed by atoms with Gasteiger partial charge >= 0.3 is 6.03 Å². The zero-order chi connectivity index (χ0) is 19.5. The van der Waals surface area contributed by atoms with E-state index in [1.54, 1.807) is 4.68 Å². The molecule has 2 N–H and O–H groups in total.